The first-order chi connectivity index (χ1) is 7.79. The summed E-state index contributed by atoms with van der Waals surface area (Å²) in [6, 6.07) is 0.173. The first-order valence-electron chi connectivity index (χ1n) is 5.80. The van der Waals surface area contributed by atoms with E-state index in [-0.39, 0.29) is 6.04 Å². The minimum Gasteiger partial charge on any atom is -0.381 e. The zero-order chi connectivity index (χ0) is 11.8. The summed E-state index contributed by atoms with van der Waals surface area (Å²) in [6.45, 7) is 6.54. The van der Waals surface area contributed by atoms with Gasteiger partial charge in [0.25, 0.3) is 0 Å². The molecular formula is C10H21N5O. The van der Waals surface area contributed by atoms with E-state index in [2.05, 4.69) is 27.8 Å². The van der Waals surface area contributed by atoms with Crippen molar-refractivity contribution in [3.8, 4) is 0 Å². The van der Waals surface area contributed by atoms with Crippen molar-refractivity contribution < 1.29 is 4.74 Å². The fourth-order valence-corrected chi connectivity index (χ4v) is 1.37. The van der Waals surface area contributed by atoms with Crippen LogP contribution in [0.15, 0.2) is 0 Å². The lowest BCUT2D eigenvalue weighted by molar-refractivity contribution is 0.128. The summed E-state index contributed by atoms with van der Waals surface area (Å²) in [5.41, 5.74) is 0. The Hall–Kier alpha value is -1.01. The fourth-order valence-electron chi connectivity index (χ4n) is 1.37. The van der Waals surface area contributed by atoms with Crippen molar-refractivity contribution in [2.45, 2.75) is 39.3 Å². The second kappa shape index (κ2) is 7.29. The van der Waals surface area contributed by atoms with E-state index in [1.165, 1.54) is 0 Å². The predicted molar refractivity (Wildman–Crippen MR) is 61.0 cm³/mol. The number of hydrogen-bond acceptors (Lipinski definition) is 5. The van der Waals surface area contributed by atoms with E-state index in [0.717, 1.165) is 38.4 Å². The second-order valence-electron chi connectivity index (χ2n) is 3.74. The Labute approximate surface area is 96.4 Å². The van der Waals surface area contributed by atoms with Crippen LogP contribution in [0.3, 0.4) is 0 Å². The Bertz CT molecular complexity index is 288. The van der Waals surface area contributed by atoms with E-state index in [0.29, 0.717) is 0 Å². The molecule has 0 radical (unpaired) electrons. The van der Waals surface area contributed by atoms with Crippen LogP contribution in [-0.4, -0.2) is 40.5 Å². The van der Waals surface area contributed by atoms with Crippen molar-refractivity contribution >= 4 is 0 Å². The molecule has 0 aromatic carbocycles. The lowest BCUT2D eigenvalue weighted by atomic mass is 10.3. The summed E-state index contributed by atoms with van der Waals surface area (Å²) < 4.78 is 7.24. The second-order valence-corrected chi connectivity index (χ2v) is 3.74. The van der Waals surface area contributed by atoms with E-state index < -0.39 is 0 Å². The molecule has 16 heavy (non-hydrogen) atoms. The van der Waals surface area contributed by atoms with Crippen LogP contribution in [0, 0.1) is 0 Å². The average Bonchev–Trinajstić information content (AvgIpc) is 2.76. The zero-order valence-corrected chi connectivity index (χ0v) is 10.3. The number of tetrazole rings is 1. The summed E-state index contributed by atoms with van der Waals surface area (Å²) >= 11 is 0. The molecule has 6 nitrogen and oxygen atoms in total. The van der Waals surface area contributed by atoms with Crippen LogP contribution in [0.1, 0.15) is 38.6 Å². The maximum absolute atomic E-state index is 5.41. The highest BCUT2D eigenvalue weighted by molar-refractivity contribution is 4.88. The number of hydrogen-bond donors (Lipinski definition) is 1. The molecule has 0 saturated heterocycles. The molecule has 6 heteroatoms. The summed E-state index contributed by atoms with van der Waals surface area (Å²) in [5.74, 6) is 0.873. The summed E-state index contributed by atoms with van der Waals surface area (Å²) in [6.07, 6.45) is 2.00. The molecule has 1 rings (SSSR count). The minimum absolute atomic E-state index is 0.173. The topological polar surface area (TPSA) is 64.9 Å². The molecule has 0 aliphatic heterocycles. The molecule has 1 aromatic heterocycles. The first kappa shape index (κ1) is 13.1. The predicted octanol–water partition coefficient (Wildman–Crippen LogP) is 0.770. The Morgan fingerprint density at radius 2 is 2.25 bits per heavy atom. The molecule has 0 amide bonds. The van der Waals surface area contributed by atoms with Crippen molar-refractivity contribution in [1.29, 1.82) is 0 Å². The van der Waals surface area contributed by atoms with E-state index in [9.17, 15) is 0 Å². The van der Waals surface area contributed by atoms with Gasteiger partial charge in [0, 0.05) is 19.8 Å². The van der Waals surface area contributed by atoms with Gasteiger partial charge in [-0.25, -0.2) is 4.68 Å². The van der Waals surface area contributed by atoms with Gasteiger partial charge in [0.1, 0.15) is 0 Å². The number of nitrogens with zero attached hydrogens (tertiary/aromatic N) is 4. The van der Waals surface area contributed by atoms with Crippen LogP contribution >= 0.6 is 0 Å². The smallest absolute Gasteiger partial charge is 0.167 e. The highest BCUT2D eigenvalue weighted by Gasteiger charge is 2.11. The van der Waals surface area contributed by atoms with Gasteiger partial charge in [0.05, 0.1) is 6.04 Å². The van der Waals surface area contributed by atoms with Crippen molar-refractivity contribution in [2.24, 2.45) is 0 Å². The summed E-state index contributed by atoms with van der Waals surface area (Å²) in [5, 5.41) is 14.8. The van der Waals surface area contributed by atoms with Crippen molar-refractivity contribution in [3.63, 3.8) is 0 Å². The highest BCUT2D eigenvalue weighted by atomic mass is 16.5. The van der Waals surface area contributed by atoms with Crippen LogP contribution in [0.5, 0.6) is 0 Å². The third-order valence-electron chi connectivity index (χ3n) is 2.39. The van der Waals surface area contributed by atoms with E-state index >= 15 is 0 Å². The van der Waals surface area contributed by atoms with Gasteiger partial charge in [-0.05, 0) is 37.2 Å². The SMILES string of the molecule is CCCOCCCn1nnnc1C(C)NC. The molecular weight excluding hydrogens is 206 g/mol. The first-order valence-corrected chi connectivity index (χ1v) is 5.80. The van der Waals surface area contributed by atoms with E-state index in [1.807, 2.05) is 18.7 Å². The lowest BCUT2D eigenvalue weighted by Gasteiger charge is -2.10. The van der Waals surface area contributed by atoms with Crippen molar-refractivity contribution in [1.82, 2.24) is 25.5 Å². The Morgan fingerprint density at radius 1 is 1.44 bits per heavy atom. The molecule has 0 aliphatic rings. The van der Waals surface area contributed by atoms with Crippen LogP contribution < -0.4 is 5.32 Å². The molecule has 1 unspecified atom stereocenters. The Kier molecular flexibility index (Phi) is 5.95. The molecule has 0 saturated carbocycles. The molecule has 0 fully saturated rings. The Balaban J connectivity index is 2.33. The molecule has 0 aliphatic carbocycles. The largest absolute Gasteiger partial charge is 0.381 e. The van der Waals surface area contributed by atoms with E-state index in [1.54, 1.807) is 0 Å². The number of aromatic nitrogens is 4. The molecule has 1 aromatic rings. The molecule has 1 atom stereocenters. The number of nitrogens with one attached hydrogen (secondary N) is 1. The standard InChI is InChI=1S/C10H21N5O/c1-4-7-16-8-5-6-15-10(9(2)11-3)12-13-14-15/h9,11H,4-8H2,1-3H3. The Morgan fingerprint density at radius 3 is 2.94 bits per heavy atom. The molecule has 0 bridgehead atoms. The summed E-state index contributed by atoms with van der Waals surface area (Å²) in [7, 11) is 1.90. The third-order valence-corrected chi connectivity index (χ3v) is 2.39. The monoisotopic (exact) mass is 227 g/mol. The van der Waals surface area contributed by atoms with Crippen LogP contribution in [0.4, 0.5) is 0 Å². The van der Waals surface area contributed by atoms with Crippen LogP contribution in [-0.2, 0) is 11.3 Å². The quantitative estimate of drug-likeness (QED) is 0.665. The zero-order valence-electron chi connectivity index (χ0n) is 10.3. The molecule has 1 heterocycles. The number of ether oxygens (including phenoxy) is 1. The molecule has 0 spiro atoms. The molecule has 1 N–H and O–H groups in total. The highest BCUT2D eigenvalue weighted by Crippen LogP contribution is 2.06. The number of aryl methyl sites for hydroxylation is 1. The van der Waals surface area contributed by atoms with Gasteiger partial charge in [0.15, 0.2) is 5.82 Å². The van der Waals surface area contributed by atoms with Crippen molar-refractivity contribution in [3.05, 3.63) is 5.82 Å². The maximum atomic E-state index is 5.41. The number of rotatable bonds is 8. The van der Waals surface area contributed by atoms with Crippen molar-refractivity contribution in [2.75, 3.05) is 20.3 Å². The normalized spacial score (nSPS) is 12.9. The van der Waals surface area contributed by atoms with Gasteiger partial charge in [-0.15, -0.1) is 5.10 Å². The summed E-state index contributed by atoms with van der Waals surface area (Å²) in [4.78, 5) is 0. The van der Waals surface area contributed by atoms with E-state index in [4.69, 9.17) is 4.74 Å². The maximum Gasteiger partial charge on any atom is 0.167 e. The van der Waals surface area contributed by atoms with Gasteiger partial charge in [0.2, 0.25) is 0 Å². The average molecular weight is 227 g/mol. The van der Waals surface area contributed by atoms with Gasteiger partial charge >= 0.3 is 0 Å². The third kappa shape index (κ3) is 3.86. The van der Waals surface area contributed by atoms with Crippen LogP contribution in [0.25, 0.3) is 0 Å². The van der Waals surface area contributed by atoms with Gasteiger partial charge in [-0.3, -0.25) is 0 Å². The lowest BCUT2D eigenvalue weighted by Crippen LogP contribution is -2.19. The fraction of sp³-hybridized carbons (Fsp3) is 0.900. The van der Waals surface area contributed by atoms with Gasteiger partial charge in [-0.1, -0.05) is 6.92 Å². The van der Waals surface area contributed by atoms with Crippen LogP contribution in [0.2, 0.25) is 0 Å². The molecule has 92 valence electrons. The van der Waals surface area contributed by atoms with Gasteiger partial charge < -0.3 is 10.1 Å². The minimum atomic E-state index is 0.173. The van der Waals surface area contributed by atoms with Gasteiger partial charge in [-0.2, -0.15) is 0 Å².